The molecule has 0 radical (unpaired) electrons. The van der Waals surface area contributed by atoms with Gasteiger partial charge in [0.2, 0.25) is 0 Å². The molecule has 1 aliphatic carbocycles. The van der Waals surface area contributed by atoms with Crippen LogP contribution in [-0.2, 0) is 12.8 Å². The molecule has 2 nitrogen and oxygen atoms in total. The molecule has 2 aliphatic rings. The largest absolute Gasteiger partial charge is 0.396 e. The van der Waals surface area contributed by atoms with E-state index in [0.29, 0.717) is 12.5 Å². The minimum atomic E-state index is 0.329. The summed E-state index contributed by atoms with van der Waals surface area (Å²) in [7, 11) is 0. The van der Waals surface area contributed by atoms with E-state index in [1.165, 1.54) is 50.9 Å². The summed E-state index contributed by atoms with van der Waals surface area (Å²) in [5, 5.41) is 9.20. The summed E-state index contributed by atoms with van der Waals surface area (Å²) in [6, 6.07) is 7.11. The quantitative estimate of drug-likeness (QED) is 0.908. The normalized spacial score (nSPS) is 23.7. The maximum atomic E-state index is 9.20. The SMILES string of the molecule is CC(CO)CC1CCN(c2ccc3c(c2)CCCC3)C1. The summed E-state index contributed by atoms with van der Waals surface area (Å²) in [6.45, 7) is 4.83. The van der Waals surface area contributed by atoms with Crippen molar-refractivity contribution in [3.05, 3.63) is 29.3 Å². The van der Waals surface area contributed by atoms with Gasteiger partial charge in [-0.25, -0.2) is 0 Å². The second kappa shape index (κ2) is 6.17. The molecule has 1 N–H and O–H groups in total. The van der Waals surface area contributed by atoms with Gasteiger partial charge in [-0.3, -0.25) is 0 Å². The van der Waals surface area contributed by atoms with Gasteiger partial charge in [-0.05, 0) is 73.6 Å². The molecule has 0 spiro atoms. The van der Waals surface area contributed by atoms with Crippen LogP contribution in [0.5, 0.6) is 0 Å². The number of benzene rings is 1. The van der Waals surface area contributed by atoms with Crippen LogP contribution in [0.2, 0.25) is 0 Å². The molecule has 3 rings (SSSR count). The number of hydrogen-bond acceptors (Lipinski definition) is 2. The summed E-state index contributed by atoms with van der Waals surface area (Å²) >= 11 is 0. The summed E-state index contributed by atoms with van der Waals surface area (Å²) in [5.74, 6) is 1.21. The Morgan fingerprint density at radius 1 is 1.25 bits per heavy atom. The number of anilines is 1. The van der Waals surface area contributed by atoms with Crippen molar-refractivity contribution in [2.24, 2.45) is 11.8 Å². The Morgan fingerprint density at radius 3 is 2.85 bits per heavy atom. The van der Waals surface area contributed by atoms with Gasteiger partial charge in [-0.15, -0.1) is 0 Å². The van der Waals surface area contributed by atoms with E-state index >= 15 is 0 Å². The predicted molar refractivity (Wildman–Crippen MR) is 84.3 cm³/mol. The second-order valence-corrected chi connectivity index (χ2v) is 6.78. The van der Waals surface area contributed by atoms with E-state index in [-0.39, 0.29) is 0 Å². The van der Waals surface area contributed by atoms with Gasteiger partial charge in [-0.1, -0.05) is 13.0 Å². The molecule has 1 heterocycles. The van der Waals surface area contributed by atoms with Crippen LogP contribution in [-0.4, -0.2) is 24.8 Å². The van der Waals surface area contributed by atoms with Crippen molar-refractivity contribution < 1.29 is 5.11 Å². The molecule has 2 heteroatoms. The fourth-order valence-corrected chi connectivity index (χ4v) is 3.82. The second-order valence-electron chi connectivity index (χ2n) is 6.78. The average Bonchev–Trinajstić information content (AvgIpc) is 2.95. The number of aliphatic hydroxyl groups is 1. The Hall–Kier alpha value is -1.02. The molecule has 1 aliphatic heterocycles. The highest BCUT2D eigenvalue weighted by Crippen LogP contribution is 2.31. The van der Waals surface area contributed by atoms with E-state index in [4.69, 9.17) is 0 Å². The van der Waals surface area contributed by atoms with Crippen LogP contribution in [0, 0.1) is 11.8 Å². The van der Waals surface area contributed by atoms with Crippen molar-refractivity contribution in [1.82, 2.24) is 0 Å². The van der Waals surface area contributed by atoms with E-state index in [2.05, 4.69) is 30.0 Å². The van der Waals surface area contributed by atoms with Crippen LogP contribution < -0.4 is 4.90 Å². The molecule has 2 atom stereocenters. The highest BCUT2D eigenvalue weighted by molar-refractivity contribution is 5.52. The van der Waals surface area contributed by atoms with E-state index in [9.17, 15) is 5.11 Å². The molecule has 1 aromatic carbocycles. The summed E-state index contributed by atoms with van der Waals surface area (Å²) in [5.41, 5.74) is 4.58. The van der Waals surface area contributed by atoms with Gasteiger partial charge < -0.3 is 10.0 Å². The maximum Gasteiger partial charge on any atom is 0.0456 e. The molecule has 2 unspecified atom stereocenters. The molecular weight excluding hydrogens is 246 g/mol. The molecule has 110 valence electrons. The van der Waals surface area contributed by atoms with E-state index in [1.54, 1.807) is 11.1 Å². The lowest BCUT2D eigenvalue weighted by molar-refractivity contribution is 0.215. The van der Waals surface area contributed by atoms with Gasteiger partial charge in [0, 0.05) is 25.4 Å². The third-order valence-electron chi connectivity index (χ3n) is 5.03. The summed E-state index contributed by atoms with van der Waals surface area (Å²) in [6.07, 6.45) is 7.69. The van der Waals surface area contributed by atoms with Gasteiger partial charge in [-0.2, -0.15) is 0 Å². The minimum absolute atomic E-state index is 0.329. The van der Waals surface area contributed by atoms with Crippen LogP contribution in [0.15, 0.2) is 18.2 Å². The fraction of sp³-hybridized carbons (Fsp3) is 0.667. The zero-order valence-electron chi connectivity index (χ0n) is 12.6. The zero-order valence-corrected chi connectivity index (χ0v) is 12.6. The van der Waals surface area contributed by atoms with Crippen molar-refractivity contribution in [1.29, 1.82) is 0 Å². The minimum Gasteiger partial charge on any atom is -0.396 e. The molecule has 20 heavy (non-hydrogen) atoms. The average molecular weight is 273 g/mol. The lowest BCUT2D eigenvalue weighted by Crippen LogP contribution is -2.21. The fourth-order valence-electron chi connectivity index (χ4n) is 3.82. The number of fused-ring (bicyclic) bond motifs is 1. The van der Waals surface area contributed by atoms with Crippen molar-refractivity contribution in [3.8, 4) is 0 Å². The summed E-state index contributed by atoms with van der Waals surface area (Å²) < 4.78 is 0. The Balaban J connectivity index is 1.65. The molecule has 0 saturated carbocycles. The predicted octanol–water partition coefficient (Wildman–Crippen LogP) is 3.41. The van der Waals surface area contributed by atoms with Crippen LogP contribution in [0.4, 0.5) is 5.69 Å². The molecule has 0 amide bonds. The van der Waals surface area contributed by atoms with Crippen molar-refractivity contribution >= 4 is 5.69 Å². The van der Waals surface area contributed by atoms with Gasteiger partial charge in [0.05, 0.1) is 0 Å². The lowest BCUT2D eigenvalue weighted by Gasteiger charge is -2.23. The molecule has 0 bridgehead atoms. The van der Waals surface area contributed by atoms with Crippen LogP contribution in [0.3, 0.4) is 0 Å². The van der Waals surface area contributed by atoms with Gasteiger partial charge >= 0.3 is 0 Å². The standard InChI is InChI=1S/C18H27NO/c1-14(13-20)10-15-8-9-19(12-15)18-7-6-16-4-2-3-5-17(16)11-18/h6-7,11,14-15,20H,2-5,8-10,12-13H2,1H3. The van der Waals surface area contributed by atoms with Gasteiger partial charge in [0.1, 0.15) is 0 Å². The molecule has 1 fully saturated rings. The van der Waals surface area contributed by atoms with Crippen LogP contribution in [0.1, 0.15) is 43.7 Å². The smallest absolute Gasteiger partial charge is 0.0456 e. The zero-order chi connectivity index (χ0) is 13.9. The number of aryl methyl sites for hydroxylation is 2. The first-order valence-electron chi connectivity index (χ1n) is 8.24. The van der Waals surface area contributed by atoms with E-state index in [1.807, 2.05) is 0 Å². The first-order valence-corrected chi connectivity index (χ1v) is 8.24. The Bertz CT molecular complexity index is 457. The topological polar surface area (TPSA) is 23.5 Å². The Kier molecular flexibility index (Phi) is 4.30. The van der Waals surface area contributed by atoms with Crippen molar-refractivity contribution in [3.63, 3.8) is 0 Å². The highest BCUT2D eigenvalue weighted by atomic mass is 16.3. The first kappa shape index (κ1) is 13.9. The van der Waals surface area contributed by atoms with E-state index < -0.39 is 0 Å². The monoisotopic (exact) mass is 273 g/mol. The van der Waals surface area contributed by atoms with E-state index in [0.717, 1.165) is 12.3 Å². The Morgan fingerprint density at radius 2 is 2.05 bits per heavy atom. The van der Waals surface area contributed by atoms with Crippen LogP contribution in [0.25, 0.3) is 0 Å². The third kappa shape index (κ3) is 3.01. The van der Waals surface area contributed by atoms with Gasteiger partial charge in [0.25, 0.3) is 0 Å². The number of aliphatic hydroxyl groups excluding tert-OH is 1. The third-order valence-corrected chi connectivity index (χ3v) is 5.03. The number of hydrogen-bond donors (Lipinski definition) is 1. The van der Waals surface area contributed by atoms with Crippen LogP contribution >= 0.6 is 0 Å². The highest BCUT2D eigenvalue weighted by Gasteiger charge is 2.24. The number of rotatable bonds is 4. The van der Waals surface area contributed by atoms with Crippen molar-refractivity contribution in [2.45, 2.75) is 45.4 Å². The van der Waals surface area contributed by atoms with Gasteiger partial charge in [0.15, 0.2) is 0 Å². The molecule has 1 saturated heterocycles. The van der Waals surface area contributed by atoms with Crippen molar-refractivity contribution in [2.75, 3.05) is 24.6 Å². The molecular formula is C18H27NO. The maximum absolute atomic E-state index is 9.20. The summed E-state index contributed by atoms with van der Waals surface area (Å²) in [4.78, 5) is 2.55. The molecule has 1 aromatic rings. The number of nitrogens with zero attached hydrogens (tertiary/aromatic N) is 1. The Labute approximate surface area is 122 Å². The molecule has 0 aromatic heterocycles. The lowest BCUT2D eigenvalue weighted by atomic mass is 9.91. The first-order chi connectivity index (χ1) is 9.76.